The molecule has 0 spiro atoms. The van der Waals surface area contributed by atoms with Crippen molar-refractivity contribution < 1.29 is 0 Å². The number of rotatable bonds is 1. The molecular weight excluding hydrogens is 142 g/mol. The Morgan fingerprint density at radius 1 is 1.60 bits per heavy atom. The Hall–Kier alpha value is -0.110. The van der Waals surface area contributed by atoms with Gasteiger partial charge in [0.05, 0.1) is 0 Å². The van der Waals surface area contributed by atoms with Crippen molar-refractivity contribution in [1.29, 1.82) is 0 Å². The van der Waals surface area contributed by atoms with E-state index in [9.17, 15) is 0 Å². The molecule has 2 rings (SSSR count). The third-order valence-corrected chi connectivity index (χ3v) is 3.44. The van der Waals surface area contributed by atoms with Crippen LogP contribution in [-0.2, 0) is 0 Å². The lowest BCUT2D eigenvalue weighted by molar-refractivity contribution is 0.770. The number of hydrogen-bond donors (Lipinski definition) is 0. The average Bonchev–Trinajstić information content (AvgIpc) is 2.59. The molecule has 2 aliphatic heterocycles. The summed E-state index contributed by atoms with van der Waals surface area (Å²) in [6.45, 7) is 1.05. The van der Waals surface area contributed by atoms with Crippen molar-refractivity contribution in [2.45, 2.75) is 24.5 Å². The van der Waals surface area contributed by atoms with E-state index in [4.69, 9.17) is 0 Å². The van der Waals surface area contributed by atoms with E-state index in [2.05, 4.69) is 23.2 Å². The van der Waals surface area contributed by atoms with Crippen molar-refractivity contribution in [3.63, 3.8) is 0 Å². The van der Waals surface area contributed by atoms with Crippen LogP contribution < -0.4 is 5.32 Å². The van der Waals surface area contributed by atoms with E-state index < -0.39 is 0 Å². The smallest absolute Gasteiger partial charge is 0.0462 e. The molecule has 0 N–H and O–H groups in total. The van der Waals surface area contributed by atoms with Crippen LogP contribution in [0.15, 0.2) is 11.8 Å². The van der Waals surface area contributed by atoms with Crippen LogP contribution in [0, 0.1) is 0 Å². The van der Waals surface area contributed by atoms with Gasteiger partial charge in [-0.3, -0.25) is 5.32 Å². The lowest BCUT2D eigenvalue weighted by atomic mass is 10.2. The number of hydrogen-bond acceptors (Lipinski definition) is 1. The third kappa shape index (κ3) is 1.17. The highest BCUT2D eigenvalue weighted by molar-refractivity contribution is 8.00. The Labute approximate surface area is 66.3 Å². The average molecular weight is 154 g/mol. The lowest BCUT2D eigenvalue weighted by Crippen LogP contribution is -2.09. The van der Waals surface area contributed by atoms with Crippen LogP contribution in [0.5, 0.6) is 0 Å². The maximum absolute atomic E-state index is 4.46. The zero-order valence-electron chi connectivity index (χ0n) is 6.05. The Bertz CT molecular complexity index is 147. The molecule has 1 radical (unpaired) electrons. The van der Waals surface area contributed by atoms with Gasteiger partial charge in [0.25, 0.3) is 0 Å². The summed E-state index contributed by atoms with van der Waals surface area (Å²) in [6.07, 6.45) is 6.25. The zero-order chi connectivity index (χ0) is 6.81. The summed E-state index contributed by atoms with van der Waals surface area (Å²) in [7, 11) is 0. The maximum Gasteiger partial charge on any atom is 0.0462 e. The van der Waals surface area contributed by atoms with Gasteiger partial charge in [-0.2, -0.15) is 11.8 Å². The van der Waals surface area contributed by atoms with Gasteiger partial charge in [0.1, 0.15) is 0 Å². The molecule has 0 bridgehead atoms. The van der Waals surface area contributed by atoms with Crippen molar-refractivity contribution in [2.75, 3.05) is 12.3 Å². The minimum absolute atomic E-state index is 0.766. The summed E-state index contributed by atoms with van der Waals surface area (Å²) in [5, 5.41) is 5.22. The minimum atomic E-state index is 0.766. The van der Waals surface area contributed by atoms with Crippen molar-refractivity contribution in [3.8, 4) is 0 Å². The highest BCUT2D eigenvalue weighted by atomic mass is 32.2. The van der Waals surface area contributed by atoms with Gasteiger partial charge in [-0.15, -0.1) is 0 Å². The molecule has 0 aliphatic carbocycles. The molecule has 10 heavy (non-hydrogen) atoms. The summed E-state index contributed by atoms with van der Waals surface area (Å²) in [5.74, 6) is 1.34. The maximum atomic E-state index is 4.46. The largest absolute Gasteiger partial charge is 0.289 e. The monoisotopic (exact) mass is 154 g/mol. The summed E-state index contributed by atoms with van der Waals surface area (Å²) in [4.78, 5) is 0. The molecule has 1 saturated heterocycles. The second kappa shape index (κ2) is 2.87. The van der Waals surface area contributed by atoms with Gasteiger partial charge in [-0.1, -0.05) is 6.08 Å². The zero-order valence-corrected chi connectivity index (χ0v) is 6.86. The van der Waals surface area contributed by atoms with Gasteiger partial charge in [0.2, 0.25) is 0 Å². The topological polar surface area (TPSA) is 14.1 Å². The van der Waals surface area contributed by atoms with Crippen LogP contribution in [0.2, 0.25) is 0 Å². The fraction of sp³-hybridized carbons (Fsp3) is 0.750. The summed E-state index contributed by atoms with van der Waals surface area (Å²) < 4.78 is 0. The van der Waals surface area contributed by atoms with Gasteiger partial charge in [-0.05, 0) is 25.0 Å². The van der Waals surface area contributed by atoms with Crippen molar-refractivity contribution in [2.24, 2.45) is 0 Å². The molecule has 2 heteroatoms. The second-order valence-corrected chi connectivity index (χ2v) is 4.11. The molecule has 1 nitrogen and oxygen atoms in total. The minimum Gasteiger partial charge on any atom is -0.289 e. The summed E-state index contributed by atoms with van der Waals surface area (Å²) >= 11 is 2.08. The molecule has 1 atom stereocenters. The van der Waals surface area contributed by atoms with Crippen LogP contribution in [0.3, 0.4) is 0 Å². The molecule has 55 valence electrons. The molecular formula is C8H12NS. The van der Waals surface area contributed by atoms with Gasteiger partial charge in [-0.25, -0.2) is 0 Å². The third-order valence-electron chi connectivity index (χ3n) is 2.04. The van der Waals surface area contributed by atoms with E-state index in [0.29, 0.717) is 0 Å². The quantitative estimate of drug-likeness (QED) is 0.561. The van der Waals surface area contributed by atoms with Crippen molar-refractivity contribution in [3.05, 3.63) is 11.8 Å². The Kier molecular flexibility index (Phi) is 1.89. The van der Waals surface area contributed by atoms with Crippen LogP contribution >= 0.6 is 11.8 Å². The van der Waals surface area contributed by atoms with Gasteiger partial charge >= 0.3 is 0 Å². The van der Waals surface area contributed by atoms with Crippen LogP contribution in [-0.4, -0.2) is 17.5 Å². The Morgan fingerprint density at radius 2 is 2.60 bits per heavy atom. The first kappa shape index (κ1) is 6.59. The van der Waals surface area contributed by atoms with E-state index in [-0.39, 0.29) is 0 Å². The molecule has 1 fully saturated rings. The fourth-order valence-corrected chi connectivity index (χ4v) is 2.81. The molecule has 2 aliphatic rings. The first-order chi connectivity index (χ1) is 4.97. The molecule has 2 heterocycles. The first-order valence-electron chi connectivity index (χ1n) is 3.96. The van der Waals surface area contributed by atoms with E-state index in [1.807, 2.05) is 0 Å². The summed E-state index contributed by atoms with van der Waals surface area (Å²) in [5.41, 5.74) is 1.39. The molecule has 1 unspecified atom stereocenters. The molecule has 0 aromatic carbocycles. The molecule has 0 aromatic heterocycles. The normalized spacial score (nSPS) is 32.0. The fourth-order valence-electron chi connectivity index (χ4n) is 1.51. The lowest BCUT2D eigenvalue weighted by Gasteiger charge is -2.07. The van der Waals surface area contributed by atoms with Gasteiger partial charge in [0.15, 0.2) is 0 Å². The summed E-state index contributed by atoms with van der Waals surface area (Å²) in [6, 6.07) is 0. The van der Waals surface area contributed by atoms with Crippen LogP contribution in [0.1, 0.15) is 19.3 Å². The highest BCUT2D eigenvalue weighted by Gasteiger charge is 2.22. The van der Waals surface area contributed by atoms with E-state index in [1.54, 1.807) is 0 Å². The Morgan fingerprint density at radius 3 is 3.20 bits per heavy atom. The van der Waals surface area contributed by atoms with Crippen LogP contribution in [0.25, 0.3) is 0 Å². The van der Waals surface area contributed by atoms with E-state index in [0.717, 1.165) is 11.8 Å². The predicted molar refractivity (Wildman–Crippen MR) is 45.2 cm³/mol. The molecule has 0 saturated carbocycles. The number of thioether (sulfide) groups is 1. The highest BCUT2D eigenvalue weighted by Crippen LogP contribution is 2.32. The number of nitrogens with zero attached hydrogens (tertiary/aromatic N) is 1. The van der Waals surface area contributed by atoms with Gasteiger partial charge < -0.3 is 0 Å². The SMILES string of the molecule is C1=C(C2CCCS2)[N]CC1. The Balaban J connectivity index is 1.97. The molecule has 0 aromatic rings. The van der Waals surface area contributed by atoms with Gasteiger partial charge in [0, 0.05) is 17.5 Å². The van der Waals surface area contributed by atoms with Crippen molar-refractivity contribution >= 4 is 11.8 Å². The standard InChI is InChI=1S/C8H12NS/c1-3-7(9-5-1)8-4-2-6-10-8/h3,8H,1-2,4-6H2. The van der Waals surface area contributed by atoms with Crippen molar-refractivity contribution in [1.82, 2.24) is 5.32 Å². The molecule has 0 amide bonds. The van der Waals surface area contributed by atoms with Crippen LogP contribution in [0.4, 0.5) is 0 Å². The second-order valence-electron chi connectivity index (χ2n) is 2.80. The first-order valence-corrected chi connectivity index (χ1v) is 5.01. The predicted octanol–water partition coefficient (Wildman–Crippen LogP) is 1.77. The van der Waals surface area contributed by atoms with E-state index in [1.165, 1.54) is 30.7 Å². The van der Waals surface area contributed by atoms with E-state index >= 15 is 0 Å².